The molecular weight excluding hydrogens is 174 g/mol. The highest BCUT2D eigenvalue weighted by molar-refractivity contribution is 5.39. The molecule has 0 bridgehead atoms. The monoisotopic (exact) mass is 189 g/mol. The first-order valence-corrected chi connectivity index (χ1v) is 5.06. The Bertz CT molecular complexity index is 443. The maximum atomic E-state index is 4.49. The lowest BCUT2D eigenvalue weighted by Gasteiger charge is -1.95. The summed E-state index contributed by atoms with van der Waals surface area (Å²) >= 11 is 0. The van der Waals surface area contributed by atoms with Gasteiger partial charge in [-0.05, 0) is 24.5 Å². The molecule has 0 atom stereocenters. The van der Waals surface area contributed by atoms with Crippen LogP contribution in [-0.4, -0.2) is 14.6 Å². The van der Waals surface area contributed by atoms with Crippen molar-refractivity contribution in [2.75, 3.05) is 0 Å². The summed E-state index contributed by atoms with van der Waals surface area (Å²) in [5, 5.41) is 4.45. The van der Waals surface area contributed by atoms with Crippen molar-refractivity contribution < 1.29 is 0 Å². The van der Waals surface area contributed by atoms with Crippen LogP contribution in [0.3, 0.4) is 0 Å². The van der Waals surface area contributed by atoms with Gasteiger partial charge in [-0.25, -0.2) is 9.50 Å². The first kappa shape index (κ1) is 9.19. The fourth-order valence-corrected chi connectivity index (χ4v) is 1.41. The molecule has 0 saturated carbocycles. The Morgan fingerprint density at radius 2 is 2.14 bits per heavy atom. The lowest BCUT2D eigenvalue weighted by atomic mass is 10.2. The van der Waals surface area contributed by atoms with Crippen molar-refractivity contribution in [2.45, 2.75) is 33.1 Å². The molecule has 0 fully saturated rings. The van der Waals surface area contributed by atoms with Crippen LogP contribution in [0.1, 0.15) is 38.1 Å². The second kappa shape index (κ2) is 3.40. The topological polar surface area (TPSA) is 30.2 Å². The molecule has 0 amide bonds. The molecule has 0 aromatic carbocycles. The number of aryl methyl sites for hydroxylation is 1. The second-order valence-electron chi connectivity index (χ2n) is 3.80. The number of aromatic nitrogens is 3. The van der Waals surface area contributed by atoms with Crippen LogP contribution in [0.2, 0.25) is 0 Å². The van der Waals surface area contributed by atoms with E-state index in [1.54, 1.807) is 0 Å². The third-order valence-corrected chi connectivity index (χ3v) is 2.35. The molecule has 0 saturated heterocycles. The number of fused-ring (bicyclic) bond motifs is 1. The quantitative estimate of drug-likeness (QED) is 0.726. The number of rotatable bonds is 2. The van der Waals surface area contributed by atoms with E-state index in [-0.39, 0.29) is 0 Å². The smallest absolute Gasteiger partial charge is 0.153 e. The fourth-order valence-electron chi connectivity index (χ4n) is 1.41. The van der Waals surface area contributed by atoms with Gasteiger partial charge in [0.1, 0.15) is 0 Å². The van der Waals surface area contributed by atoms with Gasteiger partial charge >= 0.3 is 0 Å². The highest BCUT2D eigenvalue weighted by atomic mass is 15.2. The normalized spacial score (nSPS) is 11.4. The predicted octanol–water partition coefficient (Wildman–Crippen LogP) is 2.42. The summed E-state index contributed by atoms with van der Waals surface area (Å²) in [6.45, 7) is 6.39. The molecule has 2 aromatic heterocycles. The molecule has 2 heterocycles. The molecule has 0 aliphatic heterocycles. The van der Waals surface area contributed by atoms with E-state index in [0.717, 1.165) is 23.5 Å². The minimum absolute atomic E-state index is 0.460. The third kappa shape index (κ3) is 1.50. The zero-order valence-electron chi connectivity index (χ0n) is 8.86. The van der Waals surface area contributed by atoms with Gasteiger partial charge in [0.2, 0.25) is 0 Å². The van der Waals surface area contributed by atoms with Crippen LogP contribution in [0.4, 0.5) is 0 Å². The van der Waals surface area contributed by atoms with Crippen LogP contribution in [0.25, 0.3) is 5.65 Å². The van der Waals surface area contributed by atoms with Crippen LogP contribution in [0, 0.1) is 0 Å². The maximum absolute atomic E-state index is 4.49. The third-order valence-electron chi connectivity index (χ3n) is 2.35. The summed E-state index contributed by atoms with van der Waals surface area (Å²) in [6, 6.07) is 4.06. The first-order chi connectivity index (χ1) is 6.70. The highest BCUT2D eigenvalue weighted by Gasteiger charge is 2.05. The minimum atomic E-state index is 0.460. The number of nitrogens with zero attached hydrogens (tertiary/aromatic N) is 3. The molecular formula is C11H15N3. The van der Waals surface area contributed by atoms with Crippen LogP contribution >= 0.6 is 0 Å². The molecule has 14 heavy (non-hydrogen) atoms. The van der Waals surface area contributed by atoms with Crippen molar-refractivity contribution in [1.29, 1.82) is 0 Å². The Morgan fingerprint density at radius 3 is 2.79 bits per heavy atom. The maximum Gasteiger partial charge on any atom is 0.153 e. The Balaban J connectivity index is 2.54. The number of hydrogen-bond acceptors (Lipinski definition) is 2. The molecule has 0 radical (unpaired) electrons. The van der Waals surface area contributed by atoms with Crippen LogP contribution in [-0.2, 0) is 6.42 Å². The molecule has 0 N–H and O–H groups in total. The van der Waals surface area contributed by atoms with Gasteiger partial charge in [-0.15, -0.1) is 0 Å². The van der Waals surface area contributed by atoms with Crippen molar-refractivity contribution in [1.82, 2.24) is 14.6 Å². The van der Waals surface area contributed by atoms with Gasteiger partial charge in [0.15, 0.2) is 5.65 Å². The number of hydrogen-bond donors (Lipinski definition) is 0. The van der Waals surface area contributed by atoms with E-state index in [0.29, 0.717) is 5.92 Å². The molecule has 0 aliphatic rings. The molecule has 74 valence electrons. The average molecular weight is 189 g/mol. The van der Waals surface area contributed by atoms with Crippen LogP contribution in [0.5, 0.6) is 0 Å². The number of imidazole rings is 1. The Kier molecular flexibility index (Phi) is 2.23. The van der Waals surface area contributed by atoms with E-state index < -0.39 is 0 Å². The minimum Gasteiger partial charge on any atom is -0.232 e. The van der Waals surface area contributed by atoms with Crippen LogP contribution < -0.4 is 0 Å². The molecule has 3 nitrogen and oxygen atoms in total. The standard InChI is InChI=1S/C11H15N3/c1-4-9-5-6-11-12-10(8(2)3)7-14(11)13-9/h5-8H,4H2,1-3H3. The zero-order chi connectivity index (χ0) is 10.1. The summed E-state index contributed by atoms with van der Waals surface area (Å²) in [5.41, 5.74) is 3.14. The van der Waals surface area contributed by atoms with Crippen LogP contribution in [0.15, 0.2) is 18.3 Å². The second-order valence-corrected chi connectivity index (χ2v) is 3.80. The van der Waals surface area contributed by atoms with E-state index in [2.05, 4.69) is 30.9 Å². The van der Waals surface area contributed by atoms with Gasteiger partial charge in [0.05, 0.1) is 17.6 Å². The van der Waals surface area contributed by atoms with Crippen molar-refractivity contribution >= 4 is 5.65 Å². The first-order valence-electron chi connectivity index (χ1n) is 5.06. The van der Waals surface area contributed by atoms with Crippen molar-refractivity contribution in [3.05, 3.63) is 29.7 Å². The van der Waals surface area contributed by atoms with Crippen molar-refractivity contribution in [3.63, 3.8) is 0 Å². The zero-order valence-corrected chi connectivity index (χ0v) is 8.86. The van der Waals surface area contributed by atoms with E-state index in [4.69, 9.17) is 0 Å². The van der Waals surface area contributed by atoms with Gasteiger partial charge in [-0.1, -0.05) is 20.8 Å². The molecule has 2 rings (SSSR count). The summed E-state index contributed by atoms with van der Waals surface area (Å²) in [6.07, 6.45) is 2.98. The lowest BCUT2D eigenvalue weighted by molar-refractivity contribution is 0.823. The Morgan fingerprint density at radius 1 is 1.36 bits per heavy atom. The van der Waals surface area contributed by atoms with Crippen molar-refractivity contribution in [3.8, 4) is 0 Å². The van der Waals surface area contributed by atoms with Gasteiger partial charge in [-0.3, -0.25) is 0 Å². The van der Waals surface area contributed by atoms with Gasteiger partial charge in [0, 0.05) is 0 Å². The molecule has 0 spiro atoms. The summed E-state index contributed by atoms with van der Waals surface area (Å²) in [4.78, 5) is 4.49. The summed E-state index contributed by atoms with van der Waals surface area (Å²) in [7, 11) is 0. The SMILES string of the molecule is CCc1ccc2nc(C(C)C)cn2n1. The largest absolute Gasteiger partial charge is 0.232 e. The van der Waals surface area contributed by atoms with Gasteiger partial charge < -0.3 is 0 Å². The summed E-state index contributed by atoms with van der Waals surface area (Å²) in [5.74, 6) is 0.460. The predicted molar refractivity (Wildman–Crippen MR) is 56.5 cm³/mol. The van der Waals surface area contributed by atoms with E-state index in [1.165, 1.54) is 0 Å². The molecule has 3 heteroatoms. The molecule has 0 aliphatic carbocycles. The fraction of sp³-hybridized carbons (Fsp3) is 0.455. The van der Waals surface area contributed by atoms with E-state index >= 15 is 0 Å². The lowest BCUT2D eigenvalue weighted by Crippen LogP contribution is -1.94. The highest BCUT2D eigenvalue weighted by Crippen LogP contribution is 2.13. The molecule has 2 aromatic rings. The van der Waals surface area contributed by atoms with E-state index in [9.17, 15) is 0 Å². The summed E-state index contributed by atoms with van der Waals surface area (Å²) < 4.78 is 1.87. The van der Waals surface area contributed by atoms with Gasteiger partial charge in [0.25, 0.3) is 0 Å². The van der Waals surface area contributed by atoms with Crippen molar-refractivity contribution in [2.24, 2.45) is 0 Å². The Hall–Kier alpha value is -1.38. The molecule has 0 unspecified atom stereocenters. The Labute approximate surface area is 83.8 Å². The average Bonchev–Trinajstić information content (AvgIpc) is 2.59. The van der Waals surface area contributed by atoms with Gasteiger partial charge in [-0.2, -0.15) is 5.10 Å². The van der Waals surface area contributed by atoms with E-state index in [1.807, 2.05) is 22.8 Å².